The van der Waals surface area contributed by atoms with E-state index < -0.39 is 0 Å². The van der Waals surface area contributed by atoms with E-state index in [9.17, 15) is 0 Å². The fraction of sp³-hybridized carbons (Fsp3) is 0.235. The molecule has 0 bridgehead atoms. The molecule has 106 heavy (non-hydrogen) atoms. The predicted octanol–water partition coefficient (Wildman–Crippen LogP) is 26.2. The van der Waals surface area contributed by atoms with Crippen molar-refractivity contribution >= 4 is 79.0 Å². The van der Waals surface area contributed by atoms with Crippen LogP contribution in [0.15, 0.2) is 279 Å². The first-order valence-electron chi connectivity index (χ1n) is 38.7. The monoisotopic (exact) mass is 1370 g/mol. The van der Waals surface area contributed by atoms with Crippen molar-refractivity contribution in [1.82, 2.24) is 4.57 Å². The van der Waals surface area contributed by atoms with Gasteiger partial charge in [0.2, 0.25) is 0 Å². The average Bonchev–Trinajstić information content (AvgIpc) is 0.756. The molecule has 0 fully saturated rings. The minimum Gasteiger partial charge on any atom is -0.311 e. The van der Waals surface area contributed by atoms with Crippen molar-refractivity contribution in [3.63, 3.8) is 0 Å². The minimum atomic E-state index is -0.145. The summed E-state index contributed by atoms with van der Waals surface area (Å²) in [6.07, 6.45) is 4.72. The molecular formula is C102H96BN3. The molecule has 3 nitrogen and oxygen atoms in total. The molecule has 0 atom stereocenters. The Kier molecular flexibility index (Phi) is 15.5. The van der Waals surface area contributed by atoms with Gasteiger partial charge in [0.25, 0.3) is 6.71 Å². The van der Waals surface area contributed by atoms with E-state index in [2.05, 4.69) is 390 Å². The van der Waals surface area contributed by atoms with E-state index >= 15 is 0 Å². The van der Waals surface area contributed by atoms with E-state index in [1.807, 2.05) is 0 Å². The van der Waals surface area contributed by atoms with Crippen LogP contribution in [0.4, 0.5) is 34.1 Å². The number of fused-ring (bicyclic) bond motifs is 9. The Morgan fingerprint density at radius 1 is 0.264 bits per heavy atom. The highest BCUT2D eigenvalue weighted by atomic mass is 15.2. The van der Waals surface area contributed by atoms with Crippen LogP contribution in [0, 0.1) is 0 Å². The summed E-state index contributed by atoms with van der Waals surface area (Å²) in [5.74, 6) is 0. The number of benzene rings is 13. The van der Waals surface area contributed by atoms with Gasteiger partial charge in [-0.1, -0.05) is 297 Å². The largest absolute Gasteiger partial charge is 0.311 e. The van der Waals surface area contributed by atoms with Crippen molar-refractivity contribution < 1.29 is 0 Å². The maximum Gasteiger partial charge on any atom is 0.252 e. The molecule has 2 aliphatic carbocycles. The van der Waals surface area contributed by atoms with Gasteiger partial charge in [0.15, 0.2) is 0 Å². The first-order chi connectivity index (χ1) is 50.7. The molecule has 0 amide bonds. The van der Waals surface area contributed by atoms with E-state index in [4.69, 9.17) is 0 Å². The Hall–Kier alpha value is -10.7. The van der Waals surface area contributed by atoms with Crippen molar-refractivity contribution in [2.75, 3.05) is 9.80 Å². The second kappa shape index (κ2) is 24.4. The SMILES string of the molecule is CC(C)(C)c1ccc(-c2cc3c4c(c2)N(c2ccc(-c5ccc6c(c5)C(C)(C)CCC6(C)C)cc2)c2cc(-n5c6ccc(-c7ccccc7)cc6c6cc(-c7ccccc7)ccc65)ccc2B4c2ccc(-c4cccc(C(C)(C)C)c4)cc2N3c2ccc(-c3ccc4c(c3)C(C)(C)CCC4(C)C)cc2)cc1. The number of anilines is 6. The smallest absolute Gasteiger partial charge is 0.252 e. The number of hydrogen-bond donors (Lipinski definition) is 0. The van der Waals surface area contributed by atoms with Gasteiger partial charge < -0.3 is 14.4 Å². The van der Waals surface area contributed by atoms with Crippen molar-refractivity contribution in [2.45, 2.75) is 155 Å². The zero-order valence-electron chi connectivity index (χ0n) is 64.3. The van der Waals surface area contributed by atoms with Crippen LogP contribution in [-0.4, -0.2) is 11.3 Å². The maximum absolute atomic E-state index is 2.63. The summed E-state index contributed by atoms with van der Waals surface area (Å²) in [5, 5.41) is 2.44. The lowest BCUT2D eigenvalue weighted by molar-refractivity contribution is 0.332. The fourth-order valence-corrected chi connectivity index (χ4v) is 18.4. The highest BCUT2D eigenvalue weighted by Gasteiger charge is 2.45. The zero-order valence-corrected chi connectivity index (χ0v) is 64.3. The predicted molar refractivity (Wildman–Crippen MR) is 455 cm³/mol. The Morgan fingerprint density at radius 3 is 1.09 bits per heavy atom. The molecule has 0 spiro atoms. The van der Waals surface area contributed by atoms with Crippen molar-refractivity contribution in [1.29, 1.82) is 0 Å². The van der Waals surface area contributed by atoms with Crippen LogP contribution >= 0.6 is 0 Å². The molecule has 0 saturated heterocycles. The average molecular weight is 1370 g/mol. The second-order valence-corrected chi connectivity index (χ2v) is 35.9. The Balaban J connectivity index is 0.893. The van der Waals surface area contributed by atoms with Crippen LogP contribution < -0.4 is 26.2 Å². The summed E-state index contributed by atoms with van der Waals surface area (Å²) >= 11 is 0. The third-order valence-electron chi connectivity index (χ3n) is 25.1. The summed E-state index contributed by atoms with van der Waals surface area (Å²) in [4.78, 5) is 5.26. The fourth-order valence-electron chi connectivity index (χ4n) is 18.4. The number of nitrogens with zero attached hydrogens (tertiary/aromatic N) is 3. The Labute approximate surface area is 629 Å². The normalized spacial score (nSPS) is 15.9. The van der Waals surface area contributed by atoms with E-state index in [0.717, 1.165) is 22.7 Å². The number of aromatic nitrogens is 1. The molecule has 3 heterocycles. The quantitative estimate of drug-likeness (QED) is 0.133. The molecule has 13 aromatic carbocycles. The Bertz CT molecular complexity index is 5740. The van der Waals surface area contributed by atoms with Crippen LogP contribution in [0.25, 0.3) is 94.3 Å². The maximum atomic E-state index is 2.63. The van der Waals surface area contributed by atoms with Gasteiger partial charge in [0.05, 0.1) is 11.0 Å². The second-order valence-electron chi connectivity index (χ2n) is 35.9. The van der Waals surface area contributed by atoms with Gasteiger partial charge in [-0.3, -0.25) is 0 Å². The molecule has 14 aromatic rings. The molecule has 2 aliphatic heterocycles. The van der Waals surface area contributed by atoms with Gasteiger partial charge in [-0.15, -0.1) is 0 Å². The molecule has 0 unspecified atom stereocenters. The van der Waals surface area contributed by atoms with Crippen LogP contribution in [0.1, 0.15) is 156 Å². The lowest BCUT2D eigenvalue weighted by atomic mass is 9.33. The summed E-state index contributed by atoms with van der Waals surface area (Å²) in [6, 6.07) is 108. The molecular weight excluding hydrogens is 1280 g/mol. The number of rotatable bonds is 9. The van der Waals surface area contributed by atoms with Gasteiger partial charge in [0.1, 0.15) is 0 Å². The third kappa shape index (κ3) is 11.3. The van der Waals surface area contributed by atoms with E-state index in [-0.39, 0.29) is 39.2 Å². The van der Waals surface area contributed by atoms with E-state index in [0.29, 0.717) is 0 Å². The molecule has 4 heteroatoms. The van der Waals surface area contributed by atoms with Crippen molar-refractivity contribution in [3.8, 4) is 72.4 Å². The highest BCUT2D eigenvalue weighted by Crippen LogP contribution is 2.52. The molecule has 4 aliphatic rings. The summed E-state index contributed by atoms with van der Waals surface area (Å²) in [7, 11) is 0. The van der Waals surface area contributed by atoms with Gasteiger partial charge in [0, 0.05) is 50.6 Å². The van der Waals surface area contributed by atoms with Crippen LogP contribution in [0.5, 0.6) is 0 Å². The lowest BCUT2D eigenvalue weighted by Gasteiger charge is -2.45. The number of hydrogen-bond acceptors (Lipinski definition) is 2. The molecule has 1 aromatic heterocycles. The van der Waals surface area contributed by atoms with E-state index in [1.165, 1.54) is 181 Å². The summed E-state index contributed by atoms with van der Waals surface area (Å²) in [5.41, 5.74) is 37.6. The van der Waals surface area contributed by atoms with E-state index in [1.54, 1.807) is 0 Å². The highest BCUT2D eigenvalue weighted by molar-refractivity contribution is 7.00. The molecule has 0 N–H and O–H groups in total. The summed E-state index contributed by atoms with van der Waals surface area (Å²) < 4.78 is 2.53. The molecule has 0 saturated carbocycles. The van der Waals surface area contributed by atoms with Crippen LogP contribution in [0.2, 0.25) is 0 Å². The molecule has 18 rings (SSSR count). The molecule has 522 valence electrons. The minimum absolute atomic E-state index is 0.0166. The van der Waals surface area contributed by atoms with Gasteiger partial charge in [-0.2, -0.15) is 0 Å². The topological polar surface area (TPSA) is 11.4 Å². The van der Waals surface area contributed by atoms with Gasteiger partial charge in [-0.25, -0.2) is 0 Å². The van der Waals surface area contributed by atoms with Crippen LogP contribution in [-0.2, 0) is 32.5 Å². The van der Waals surface area contributed by atoms with Crippen molar-refractivity contribution in [3.05, 3.63) is 312 Å². The first kappa shape index (κ1) is 67.2. The van der Waals surface area contributed by atoms with Gasteiger partial charge in [-0.05, 0) is 254 Å². The first-order valence-corrected chi connectivity index (χ1v) is 38.7. The third-order valence-corrected chi connectivity index (χ3v) is 25.1. The standard InChI is InChI=1S/C102H96BN3/c1-97(2,3)77-39-28-69(29-40-77)76-62-94-96-95(63-76)105(80-43-32-68(33-44-80)74-35-47-85-87(60-74)102(13,14)55-53-100(85,9)10)93-64-81(106-90-50-37-71(65-22-17-15-18-23-65)57-82(90)83-58-72(38-51-91(83)106)66-24-19-16-20-25-66)45-49-89(93)103(96)88-48-36-75(70-26-21-27-78(56-70)98(4,5)6)61-92(88)104(94)79-41-30-67(31-42-79)73-34-46-84-86(59-73)101(11,12)54-52-99(84,7)8/h15-51,56-64H,52-55H2,1-14H3. The zero-order chi connectivity index (χ0) is 73.1. The lowest BCUT2D eigenvalue weighted by Crippen LogP contribution is -2.61. The Morgan fingerprint density at radius 2 is 0.613 bits per heavy atom. The summed E-state index contributed by atoms with van der Waals surface area (Å²) in [6.45, 7) is 33.2. The molecule has 0 radical (unpaired) electrons. The van der Waals surface area contributed by atoms with Crippen molar-refractivity contribution in [2.24, 2.45) is 0 Å². The van der Waals surface area contributed by atoms with Crippen LogP contribution in [0.3, 0.4) is 0 Å². The van der Waals surface area contributed by atoms with Gasteiger partial charge >= 0.3 is 0 Å².